The molecule has 78 valence electrons. The van der Waals surface area contributed by atoms with E-state index in [0.29, 0.717) is 10.6 Å². The summed E-state index contributed by atoms with van der Waals surface area (Å²) in [5, 5.41) is 12.7. The Morgan fingerprint density at radius 1 is 1.67 bits per heavy atom. The first-order valence-corrected chi connectivity index (χ1v) is 5.12. The molecule has 0 aliphatic rings. The predicted octanol–water partition coefficient (Wildman–Crippen LogP) is 3.59. The molecule has 3 heteroatoms. The van der Waals surface area contributed by atoms with Gasteiger partial charge in [-0.15, -0.1) is 6.58 Å². The minimum absolute atomic E-state index is 0.260. The van der Waals surface area contributed by atoms with Gasteiger partial charge < -0.3 is 5.32 Å². The third kappa shape index (κ3) is 3.30. The number of benzene rings is 1. The number of nitriles is 1. The van der Waals surface area contributed by atoms with Crippen LogP contribution in [0.3, 0.4) is 0 Å². The van der Waals surface area contributed by atoms with Crippen molar-refractivity contribution in [3.05, 3.63) is 41.4 Å². The van der Waals surface area contributed by atoms with Crippen molar-refractivity contribution in [2.75, 3.05) is 5.32 Å². The highest BCUT2D eigenvalue weighted by atomic mass is 35.5. The third-order valence-corrected chi connectivity index (χ3v) is 2.26. The van der Waals surface area contributed by atoms with Crippen LogP contribution in [0.1, 0.15) is 18.9 Å². The highest BCUT2D eigenvalue weighted by Crippen LogP contribution is 2.20. The summed E-state index contributed by atoms with van der Waals surface area (Å²) in [5.74, 6) is 0. The normalized spacial score (nSPS) is 11.5. The lowest BCUT2D eigenvalue weighted by Crippen LogP contribution is -2.14. The third-order valence-electron chi connectivity index (χ3n) is 2.02. The Labute approximate surface area is 95.2 Å². The number of hydrogen-bond acceptors (Lipinski definition) is 2. The van der Waals surface area contributed by atoms with Gasteiger partial charge >= 0.3 is 0 Å². The Hall–Kier alpha value is -1.46. The van der Waals surface area contributed by atoms with Crippen molar-refractivity contribution in [3.8, 4) is 6.07 Å². The van der Waals surface area contributed by atoms with Gasteiger partial charge in [0.25, 0.3) is 0 Å². The van der Waals surface area contributed by atoms with Crippen molar-refractivity contribution < 1.29 is 0 Å². The topological polar surface area (TPSA) is 35.8 Å². The summed E-state index contributed by atoms with van der Waals surface area (Å²) in [6.07, 6.45) is 2.70. The summed E-state index contributed by atoms with van der Waals surface area (Å²) in [5.41, 5.74) is 1.38. The van der Waals surface area contributed by atoms with Gasteiger partial charge in [0.2, 0.25) is 0 Å². The molecule has 0 aliphatic carbocycles. The Morgan fingerprint density at radius 2 is 2.40 bits per heavy atom. The lowest BCUT2D eigenvalue weighted by atomic mass is 10.1. The maximum atomic E-state index is 8.92. The highest BCUT2D eigenvalue weighted by molar-refractivity contribution is 6.30. The van der Waals surface area contributed by atoms with E-state index in [2.05, 4.69) is 18.0 Å². The monoisotopic (exact) mass is 220 g/mol. The minimum Gasteiger partial charge on any atom is -0.381 e. The number of anilines is 1. The molecule has 15 heavy (non-hydrogen) atoms. The average molecular weight is 221 g/mol. The molecule has 0 amide bonds. The van der Waals surface area contributed by atoms with Crippen LogP contribution in [0.2, 0.25) is 5.02 Å². The van der Waals surface area contributed by atoms with Gasteiger partial charge in [0, 0.05) is 11.1 Å². The molecule has 0 heterocycles. The molecule has 0 spiro atoms. The molecule has 2 nitrogen and oxygen atoms in total. The summed E-state index contributed by atoms with van der Waals surface area (Å²) in [6.45, 7) is 5.71. The number of hydrogen-bond donors (Lipinski definition) is 1. The summed E-state index contributed by atoms with van der Waals surface area (Å²) < 4.78 is 0. The molecule has 0 radical (unpaired) electrons. The average Bonchev–Trinajstić information content (AvgIpc) is 2.21. The van der Waals surface area contributed by atoms with Crippen LogP contribution < -0.4 is 5.32 Å². The zero-order valence-corrected chi connectivity index (χ0v) is 9.38. The molecule has 1 rings (SSSR count). The van der Waals surface area contributed by atoms with Crippen LogP contribution in [0.5, 0.6) is 0 Å². The fourth-order valence-corrected chi connectivity index (χ4v) is 1.48. The molecule has 1 N–H and O–H groups in total. The van der Waals surface area contributed by atoms with E-state index >= 15 is 0 Å². The van der Waals surface area contributed by atoms with E-state index in [1.807, 2.05) is 19.1 Å². The van der Waals surface area contributed by atoms with E-state index < -0.39 is 0 Å². The lowest BCUT2D eigenvalue weighted by molar-refractivity contribution is 0.813. The molecular weight excluding hydrogens is 208 g/mol. The van der Waals surface area contributed by atoms with E-state index in [1.54, 1.807) is 12.1 Å². The summed E-state index contributed by atoms with van der Waals surface area (Å²) in [4.78, 5) is 0. The Morgan fingerprint density at radius 3 is 3.00 bits per heavy atom. The molecule has 1 atom stereocenters. The van der Waals surface area contributed by atoms with E-state index in [4.69, 9.17) is 16.9 Å². The van der Waals surface area contributed by atoms with Crippen LogP contribution in [-0.4, -0.2) is 6.04 Å². The predicted molar refractivity (Wildman–Crippen MR) is 64.1 cm³/mol. The maximum Gasteiger partial charge on any atom is 0.101 e. The van der Waals surface area contributed by atoms with Crippen LogP contribution in [0, 0.1) is 11.3 Å². The van der Waals surface area contributed by atoms with Crippen LogP contribution in [0.25, 0.3) is 0 Å². The second kappa shape index (κ2) is 5.43. The Kier molecular flexibility index (Phi) is 4.20. The highest BCUT2D eigenvalue weighted by Gasteiger charge is 2.05. The van der Waals surface area contributed by atoms with Gasteiger partial charge in [-0.05, 0) is 31.5 Å². The summed E-state index contributed by atoms with van der Waals surface area (Å²) in [6, 6.07) is 7.62. The van der Waals surface area contributed by atoms with Gasteiger partial charge in [0.15, 0.2) is 0 Å². The fourth-order valence-electron chi connectivity index (χ4n) is 1.31. The Bertz CT molecular complexity index is 393. The van der Waals surface area contributed by atoms with Crippen molar-refractivity contribution in [1.82, 2.24) is 0 Å². The van der Waals surface area contributed by atoms with Crippen molar-refractivity contribution in [1.29, 1.82) is 5.26 Å². The molecule has 1 aromatic carbocycles. The molecule has 0 bridgehead atoms. The first kappa shape index (κ1) is 11.6. The van der Waals surface area contributed by atoms with Crippen LogP contribution >= 0.6 is 11.6 Å². The molecule has 0 aliphatic heterocycles. The van der Waals surface area contributed by atoms with Gasteiger partial charge in [-0.3, -0.25) is 0 Å². The number of nitrogens with one attached hydrogen (secondary N) is 1. The van der Waals surface area contributed by atoms with Gasteiger partial charge in [-0.25, -0.2) is 0 Å². The number of halogens is 1. The fraction of sp³-hybridized carbons (Fsp3) is 0.250. The second-order valence-corrected chi connectivity index (χ2v) is 3.81. The van der Waals surface area contributed by atoms with E-state index in [-0.39, 0.29) is 6.04 Å². The van der Waals surface area contributed by atoms with Crippen molar-refractivity contribution in [3.63, 3.8) is 0 Å². The van der Waals surface area contributed by atoms with Crippen LogP contribution in [-0.2, 0) is 0 Å². The van der Waals surface area contributed by atoms with Gasteiger partial charge in [-0.2, -0.15) is 5.26 Å². The molecule has 1 aromatic rings. The second-order valence-electron chi connectivity index (χ2n) is 3.37. The molecular formula is C12H13ClN2. The summed E-state index contributed by atoms with van der Waals surface area (Å²) >= 11 is 5.80. The largest absolute Gasteiger partial charge is 0.381 e. The van der Waals surface area contributed by atoms with Gasteiger partial charge in [0.05, 0.1) is 11.3 Å². The Balaban J connectivity index is 2.85. The molecule has 0 saturated carbocycles. The minimum atomic E-state index is 0.260. The van der Waals surface area contributed by atoms with E-state index in [0.717, 1.165) is 12.1 Å². The molecule has 0 aromatic heterocycles. The maximum absolute atomic E-state index is 8.92. The zero-order valence-electron chi connectivity index (χ0n) is 8.63. The lowest BCUT2D eigenvalue weighted by Gasteiger charge is -2.14. The zero-order chi connectivity index (χ0) is 11.3. The van der Waals surface area contributed by atoms with Crippen LogP contribution in [0.15, 0.2) is 30.9 Å². The molecule has 1 unspecified atom stereocenters. The van der Waals surface area contributed by atoms with Gasteiger partial charge in [-0.1, -0.05) is 17.7 Å². The molecule has 0 saturated heterocycles. The summed E-state index contributed by atoms with van der Waals surface area (Å²) in [7, 11) is 0. The number of rotatable bonds is 4. The van der Waals surface area contributed by atoms with Crippen molar-refractivity contribution in [2.24, 2.45) is 0 Å². The smallest absolute Gasteiger partial charge is 0.101 e. The SMILES string of the molecule is C=CCC(C)Nc1ccc(Cl)cc1C#N. The molecule has 0 fully saturated rings. The van der Waals surface area contributed by atoms with Gasteiger partial charge in [0.1, 0.15) is 6.07 Å². The standard InChI is InChI=1S/C12H13ClN2/c1-3-4-9(2)15-12-6-5-11(13)7-10(12)8-14/h3,5-7,9,15H,1,4H2,2H3. The van der Waals surface area contributed by atoms with Crippen molar-refractivity contribution >= 4 is 17.3 Å². The first-order valence-electron chi connectivity index (χ1n) is 4.74. The van der Waals surface area contributed by atoms with Crippen molar-refractivity contribution in [2.45, 2.75) is 19.4 Å². The van der Waals surface area contributed by atoms with E-state index in [1.165, 1.54) is 0 Å². The first-order chi connectivity index (χ1) is 7.17. The quantitative estimate of drug-likeness (QED) is 0.788. The van der Waals surface area contributed by atoms with E-state index in [9.17, 15) is 0 Å². The number of nitrogens with zero attached hydrogens (tertiary/aromatic N) is 1. The van der Waals surface area contributed by atoms with Crippen LogP contribution in [0.4, 0.5) is 5.69 Å².